The highest BCUT2D eigenvalue weighted by molar-refractivity contribution is 7.86. The van der Waals surface area contributed by atoms with Gasteiger partial charge in [-0.1, -0.05) is 30.7 Å². The molecule has 0 spiro atoms. The molecule has 0 aliphatic carbocycles. The number of rotatable bonds is 18. The van der Waals surface area contributed by atoms with Crippen LogP contribution in [0.15, 0.2) is 46.2 Å². The zero-order valence-corrected chi connectivity index (χ0v) is 27.9. The van der Waals surface area contributed by atoms with E-state index in [9.17, 15) is 25.9 Å². The number of benzene rings is 2. The first-order chi connectivity index (χ1) is 24.3. The Morgan fingerprint density at radius 2 is 0.941 bits per heavy atom. The predicted molar refractivity (Wildman–Crippen MR) is 187 cm³/mol. The van der Waals surface area contributed by atoms with Crippen molar-refractivity contribution < 1.29 is 41.3 Å². The van der Waals surface area contributed by atoms with E-state index in [1.54, 1.807) is 0 Å². The Labute approximate surface area is 291 Å². The van der Waals surface area contributed by atoms with E-state index in [0.717, 1.165) is 12.1 Å². The minimum absolute atomic E-state index is 0.0335. The van der Waals surface area contributed by atoms with Crippen LogP contribution in [0.5, 0.6) is 0 Å². The average molecular weight is 745 g/mol. The zero-order valence-electron chi connectivity index (χ0n) is 26.3. The van der Waals surface area contributed by atoms with Gasteiger partial charge in [0.1, 0.15) is 9.79 Å². The standard InChI is InChI=1S/C28H32N12O9S2/c1-2-29-23-35-24(30-9-12-41)38-27(37-23)33-19-7-5-17(21(15-19)50(44,45)46)3-4-18-6-8-20(16-22(18)51(47,48)49)34-28-39-25(31-10-13-42)36-26(40-28)32-11-14-43/h1,3-8,15-16,41-43H,9-14H2,(H,44,45,46)(H,47,48,49)(H3,29,30,33,35,37,38)(H3,31,32,34,36,39,40). The molecule has 0 saturated carbocycles. The van der Waals surface area contributed by atoms with E-state index < -0.39 is 30.0 Å². The number of aromatic nitrogens is 6. The fourth-order valence-corrected chi connectivity index (χ4v) is 5.53. The average Bonchev–Trinajstić information content (AvgIpc) is 3.08. The summed E-state index contributed by atoms with van der Waals surface area (Å²) in [6, 6.07) is 9.79. The van der Waals surface area contributed by atoms with Crippen LogP contribution in [0.1, 0.15) is 11.1 Å². The van der Waals surface area contributed by atoms with E-state index in [1.807, 2.05) is 0 Å². The molecule has 0 aliphatic heterocycles. The van der Waals surface area contributed by atoms with Gasteiger partial charge in [0.25, 0.3) is 20.2 Å². The molecule has 4 rings (SSSR count). The summed E-state index contributed by atoms with van der Waals surface area (Å²) in [5.74, 6) is -0.00393. The third-order valence-corrected chi connectivity index (χ3v) is 8.00. The van der Waals surface area contributed by atoms with Crippen molar-refractivity contribution in [3.05, 3.63) is 47.5 Å². The van der Waals surface area contributed by atoms with Crippen molar-refractivity contribution in [2.24, 2.45) is 0 Å². The topological polar surface area (TPSA) is 319 Å². The first kappa shape index (κ1) is 38.1. The van der Waals surface area contributed by atoms with Gasteiger partial charge in [-0.2, -0.15) is 46.7 Å². The Hall–Kier alpha value is -5.74. The van der Waals surface area contributed by atoms with Gasteiger partial charge in [-0.05, 0) is 35.4 Å². The lowest BCUT2D eigenvalue weighted by atomic mass is 10.1. The van der Waals surface area contributed by atoms with Crippen molar-refractivity contribution in [3.63, 3.8) is 0 Å². The van der Waals surface area contributed by atoms with E-state index in [-0.39, 0.29) is 97.6 Å². The molecule has 0 radical (unpaired) electrons. The molecule has 11 N–H and O–H groups in total. The van der Waals surface area contributed by atoms with Gasteiger partial charge in [-0.3, -0.25) is 14.4 Å². The van der Waals surface area contributed by atoms with Crippen molar-refractivity contribution in [1.82, 2.24) is 29.9 Å². The molecule has 2 heterocycles. The minimum Gasteiger partial charge on any atom is -0.395 e. The van der Waals surface area contributed by atoms with Gasteiger partial charge in [0.05, 0.1) is 19.8 Å². The Morgan fingerprint density at radius 3 is 1.29 bits per heavy atom. The van der Waals surface area contributed by atoms with E-state index in [1.165, 1.54) is 36.4 Å². The molecule has 270 valence electrons. The summed E-state index contributed by atoms with van der Waals surface area (Å²) in [6.45, 7) is -0.309. The molecule has 2 aromatic heterocycles. The third-order valence-electron chi connectivity index (χ3n) is 6.18. The largest absolute Gasteiger partial charge is 0.395 e. The van der Waals surface area contributed by atoms with Crippen molar-refractivity contribution in [3.8, 4) is 12.5 Å². The monoisotopic (exact) mass is 744 g/mol. The Morgan fingerprint density at radius 1 is 0.588 bits per heavy atom. The second-order valence-corrected chi connectivity index (χ2v) is 12.7. The smallest absolute Gasteiger partial charge is 0.295 e. The maximum absolute atomic E-state index is 12.4. The van der Waals surface area contributed by atoms with Gasteiger partial charge in [0, 0.05) is 37.1 Å². The van der Waals surface area contributed by atoms with Gasteiger partial charge in [0.15, 0.2) is 0 Å². The van der Waals surface area contributed by atoms with Crippen LogP contribution in [0, 0.1) is 12.5 Å². The number of nitrogens with one attached hydrogen (secondary N) is 6. The maximum Gasteiger partial charge on any atom is 0.295 e. The molecule has 0 unspecified atom stereocenters. The van der Waals surface area contributed by atoms with Crippen LogP contribution in [-0.2, 0) is 20.2 Å². The lowest BCUT2D eigenvalue weighted by molar-refractivity contribution is 0.310. The fraction of sp³-hybridized carbons (Fsp3) is 0.214. The summed E-state index contributed by atoms with van der Waals surface area (Å²) in [5.41, 5.74) is 0.120. The highest BCUT2D eigenvalue weighted by atomic mass is 32.2. The summed E-state index contributed by atoms with van der Waals surface area (Å²) in [4.78, 5) is 23.5. The van der Waals surface area contributed by atoms with E-state index in [4.69, 9.17) is 21.7 Å². The number of terminal acetylenes is 1. The van der Waals surface area contributed by atoms with Gasteiger partial charge >= 0.3 is 0 Å². The lowest BCUT2D eigenvalue weighted by Crippen LogP contribution is -2.15. The van der Waals surface area contributed by atoms with Crippen LogP contribution >= 0.6 is 0 Å². The number of nitrogens with zero attached hydrogens (tertiary/aromatic N) is 6. The van der Waals surface area contributed by atoms with Gasteiger partial charge in [0.2, 0.25) is 35.7 Å². The van der Waals surface area contributed by atoms with Crippen molar-refractivity contribution in [2.75, 3.05) is 71.4 Å². The second kappa shape index (κ2) is 17.3. The second-order valence-electron chi connectivity index (χ2n) is 9.87. The normalized spacial score (nSPS) is 11.5. The number of anilines is 8. The summed E-state index contributed by atoms with van der Waals surface area (Å²) in [6.07, 6.45) is 7.68. The molecule has 0 aliphatic rings. The minimum atomic E-state index is -4.85. The highest BCUT2D eigenvalue weighted by Gasteiger charge is 2.19. The fourth-order valence-electron chi connectivity index (χ4n) is 4.11. The van der Waals surface area contributed by atoms with Crippen molar-refractivity contribution >= 4 is 79.5 Å². The van der Waals surface area contributed by atoms with Gasteiger partial charge < -0.3 is 41.9 Å². The first-order valence-corrected chi connectivity index (χ1v) is 17.4. The number of hydrogen-bond acceptors (Lipinski definition) is 19. The maximum atomic E-state index is 12.4. The SMILES string of the molecule is C#CNc1nc(NCCO)nc(Nc2ccc(C=Cc3ccc(Nc4nc(NCCO)nc(NCCO)n4)cc3S(=O)(=O)O)c(S(=O)(=O)O)c2)n1. The Balaban J connectivity index is 1.65. The van der Waals surface area contributed by atoms with Crippen LogP contribution in [0.25, 0.3) is 12.2 Å². The molecular weight excluding hydrogens is 713 g/mol. The Kier molecular flexibility index (Phi) is 12.9. The van der Waals surface area contributed by atoms with Crippen molar-refractivity contribution in [2.45, 2.75) is 9.79 Å². The molecule has 21 nitrogen and oxygen atoms in total. The summed E-state index contributed by atoms with van der Waals surface area (Å²) < 4.78 is 69.6. The third kappa shape index (κ3) is 11.1. The van der Waals surface area contributed by atoms with Crippen LogP contribution in [0.4, 0.5) is 47.1 Å². The van der Waals surface area contributed by atoms with Gasteiger partial charge in [-0.15, -0.1) is 0 Å². The van der Waals surface area contributed by atoms with Crippen LogP contribution in [-0.4, -0.2) is 111 Å². The zero-order chi connectivity index (χ0) is 37.0. The summed E-state index contributed by atoms with van der Waals surface area (Å²) >= 11 is 0. The molecule has 0 fully saturated rings. The summed E-state index contributed by atoms with van der Waals surface area (Å²) in [5, 5.41) is 43.6. The summed E-state index contributed by atoms with van der Waals surface area (Å²) in [7, 11) is -9.69. The predicted octanol–water partition coefficient (Wildman–Crippen LogP) is 0.423. The Bertz CT molecular complexity index is 2120. The molecule has 23 heteroatoms. The molecule has 51 heavy (non-hydrogen) atoms. The molecule has 0 bridgehead atoms. The number of aliphatic hydroxyl groups excluding tert-OH is 3. The quantitative estimate of drug-likeness (QED) is 0.0285. The van der Waals surface area contributed by atoms with Crippen LogP contribution in [0.3, 0.4) is 0 Å². The van der Waals surface area contributed by atoms with E-state index in [2.05, 4.69) is 67.8 Å². The van der Waals surface area contributed by atoms with Crippen LogP contribution < -0.4 is 31.9 Å². The molecule has 2 aromatic carbocycles. The lowest BCUT2D eigenvalue weighted by Gasteiger charge is -2.12. The van der Waals surface area contributed by atoms with E-state index in [0.29, 0.717) is 0 Å². The molecular formula is C28H32N12O9S2. The van der Waals surface area contributed by atoms with E-state index >= 15 is 0 Å². The molecule has 0 atom stereocenters. The first-order valence-electron chi connectivity index (χ1n) is 14.6. The number of aliphatic hydroxyl groups is 3. The number of hydrogen-bond donors (Lipinski definition) is 11. The molecule has 4 aromatic rings. The van der Waals surface area contributed by atoms with Crippen molar-refractivity contribution in [1.29, 1.82) is 0 Å². The highest BCUT2D eigenvalue weighted by Crippen LogP contribution is 2.28. The molecule has 0 saturated heterocycles. The molecule has 0 amide bonds. The van der Waals surface area contributed by atoms with Gasteiger partial charge in [-0.25, -0.2) is 0 Å². The van der Waals surface area contributed by atoms with Crippen LogP contribution in [0.2, 0.25) is 0 Å².